The predicted octanol–water partition coefficient (Wildman–Crippen LogP) is 1.58. The molecule has 2 rings (SSSR count). The summed E-state index contributed by atoms with van der Waals surface area (Å²) in [7, 11) is -2.22. The number of hydrogen-bond acceptors (Lipinski definition) is 5. The Balaban J connectivity index is 2.17. The second-order valence-electron chi connectivity index (χ2n) is 4.46. The summed E-state index contributed by atoms with van der Waals surface area (Å²) < 4.78 is 38.2. The molecule has 1 aromatic rings. The summed E-state index contributed by atoms with van der Waals surface area (Å²) in [6.07, 6.45) is 2.07. The van der Waals surface area contributed by atoms with Crippen LogP contribution < -0.4 is 4.72 Å². The summed E-state index contributed by atoms with van der Waals surface area (Å²) in [5.41, 5.74) is -0.626. The Morgan fingerprint density at radius 2 is 2.40 bits per heavy atom. The number of hydrogen-bond donors (Lipinski definition) is 1. The minimum absolute atomic E-state index is 0.0706. The van der Waals surface area contributed by atoms with Crippen LogP contribution in [-0.4, -0.2) is 45.9 Å². The molecule has 0 aromatic carbocycles. The highest BCUT2D eigenvalue weighted by molar-refractivity contribution is 9.10. The molecule has 0 aliphatic carbocycles. The zero-order valence-corrected chi connectivity index (χ0v) is 13.9. The van der Waals surface area contributed by atoms with Crippen molar-refractivity contribution in [3.8, 4) is 0 Å². The van der Waals surface area contributed by atoms with Gasteiger partial charge in [0.1, 0.15) is 15.6 Å². The van der Waals surface area contributed by atoms with Crippen LogP contribution in [0.5, 0.6) is 0 Å². The number of nitrogens with one attached hydrogen (secondary N) is 1. The molecule has 1 atom stereocenters. The van der Waals surface area contributed by atoms with Crippen LogP contribution in [0.3, 0.4) is 0 Å². The fourth-order valence-electron chi connectivity index (χ4n) is 1.86. The van der Waals surface area contributed by atoms with Crippen LogP contribution in [0.15, 0.2) is 21.6 Å². The number of pyridine rings is 1. The van der Waals surface area contributed by atoms with E-state index in [0.717, 1.165) is 0 Å². The number of aromatic nitrogens is 1. The van der Waals surface area contributed by atoms with E-state index in [1.54, 1.807) is 0 Å². The molecule has 0 bridgehead atoms. The number of methoxy groups -OCH3 is 1. The highest BCUT2D eigenvalue weighted by atomic mass is 79.9. The number of nitrogens with zero attached hydrogens (tertiary/aromatic N) is 1. The van der Waals surface area contributed by atoms with Gasteiger partial charge in [0.25, 0.3) is 0 Å². The molecule has 9 heteroatoms. The first-order valence-corrected chi connectivity index (χ1v) is 8.48. The maximum absolute atomic E-state index is 12.3. The number of halogens is 2. The topological polar surface area (TPSA) is 77.5 Å². The van der Waals surface area contributed by atoms with Crippen molar-refractivity contribution in [2.45, 2.75) is 16.9 Å². The lowest BCUT2D eigenvalue weighted by Crippen LogP contribution is -2.45. The van der Waals surface area contributed by atoms with Crippen molar-refractivity contribution in [2.75, 3.05) is 26.9 Å². The molecule has 1 aromatic heterocycles. The average Bonchev–Trinajstić information content (AvgIpc) is 2.89. The SMILES string of the molecule is COC1(CNS(=O)(=O)c2cc(Br)cnc2Cl)CCOC1. The van der Waals surface area contributed by atoms with Crippen LogP contribution in [0.25, 0.3) is 0 Å². The summed E-state index contributed by atoms with van der Waals surface area (Å²) in [5, 5.41) is -0.0742. The molecule has 1 saturated heterocycles. The minimum Gasteiger partial charge on any atom is -0.378 e. The normalized spacial score (nSPS) is 23.1. The van der Waals surface area contributed by atoms with Crippen molar-refractivity contribution in [1.82, 2.24) is 9.71 Å². The Morgan fingerprint density at radius 3 is 3.00 bits per heavy atom. The molecule has 2 heterocycles. The van der Waals surface area contributed by atoms with E-state index in [1.807, 2.05) is 0 Å². The molecular formula is C11H14BrClN2O4S. The van der Waals surface area contributed by atoms with Gasteiger partial charge in [-0.3, -0.25) is 0 Å². The largest absolute Gasteiger partial charge is 0.378 e. The number of ether oxygens (including phenoxy) is 2. The molecule has 20 heavy (non-hydrogen) atoms. The van der Waals surface area contributed by atoms with E-state index < -0.39 is 15.6 Å². The third-order valence-corrected chi connectivity index (χ3v) is 5.41. The second kappa shape index (κ2) is 6.25. The third kappa shape index (κ3) is 3.49. The lowest BCUT2D eigenvalue weighted by atomic mass is 10.0. The fraction of sp³-hybridized carbons (Fsp3) is 0.545. The van der Waals surface area contributed by atoms with Gasteiger partial charge in [0.2, 0.25) is 10.0 Å². The molecule has 1 unspecified atom stereocenters. The van der Waals surface area contributed by atoms with Gasteiger partial charge in [-0.1, -0.05) is 11.6 Å². The summed E-state index contributed by atoms with van der Waals surface area (Å²) in [5.74, 6) is 0. The highest BCUT2D eigenvalue weighted by Crippen LogP contribution is 2.25. The molecule has 0 amide bonds. The molecule has 0 spiro atoms. The van der Waals surface area contributed by atoms with Gasteiger partial charge >= 0.3 is 0 Å². The van der Waals surface area contributed by atoms with Crippen LogP contribution in [0.2, 0.25) is 5.15 Å². The van der Waals surface area contributed by atoms with Gasteiger partial charge in [-0.25, -0.2) is 18.1 Å². The number of sulfonamides is 1. The van der Waals surface area contributed by atoms with Crippen molar-refractivity contribution in [1.29, 1.82) is 0 Å². The first kappa shape index (κ1) is 16.1. The van der Waals surface area contributed by atoms with Gasteiger partial charge < -0.3 is 9.47 Å². The molecule has 1 aliphatic rings. The van der Waals surface area contributed by atoms with Gasteiger partial charge in [-0.2, -0.15) is 0 Å². The third-order valence-electron chi connectivity index (χ3n) is 3.15. The van der Waals surface area contributed by atoms with Crippen LogP contribution in [-0.2, 0) is 19.5 Å². The molecule has 1 aliphatic heterocycles. The Morgan fingerprint density at radius 1 is 1.65 bits per heavy atom. The zero-order chi connectivity index (χ0) is 14.8. The first-order chi connectivity index (χ1) is 9.38. The molecule has 1 fully saturated rings. The number of rotatable bonds is 5. The quantitative estimate of drug-likeness (QED) is 0.779. The van der Waals surface area contributed by atoms with Gasteiger partial charge in [-0.05, 0) is 22.0 Å². The molecule has 112 valence electrons. The van der Waals surface area contributed by atoms with Crippen molar-refractivity contribution in [3.63, 3.8) is 0 Å². The van der Waals surface area contributed by atoms with Crippen LogP contribution >= 0.6 is 27.5 Å². The van der Waals surface area contributed by atoms with E-state index in [2.05, 4.69) is 25.6 Å². The van der Waals surface area contributed by atoms with Crippen molar-refractivity contribution >= 4 is 37.6 Å². The molecule has 0 saturated carbocycles. The van der Waals surface area contributed by atoms with E-state index in [9.17, 15) is 8.42 Å². The standard InChI is InChI=1S/C11H14BrClN2O4S/c1-18-11(2-3-19-7-11)6-15-20(16,17)9-4-8(12)5-14-10(9)13/h4-5,15H,2-3,6-7H2,1H3. The van der Waals surface area contributed by atoms with Crippen molar-refractivity contribution < 1.29 is 17.9 Å². The Kier molecular flexibility index (Phi) is 5.04. The lowest BCUT2D eigenvalue weighted by Gasteiger charge is -2.25. The summed E-state index contributed by atoms with van der Waals surface area (Å²) in [6, 6.07) is 1.41. The Bertz CT molecular complexity index is 590. The maximum atomic E-state index is 12.3. The van der Waals surface area contributed by atoms with E-state index in [-0.39, 0.29) is 16.6 Å². The second-order valence-corrected chi connectivity index (χ2v) is 7.47. The van der Waals surface area contributed by atoms with Gasteiger partial charge in [0.05, 0.1) is 6.61 Å². The molecule has 0 radical (unpaired) electrons. The predicted molar refractivity (Wildman–Crippen MR) is 77.3 cm³/mol. The first-order valence-electron chi connectivity index (χ1n) is 5.82. The van der Waals surface area contributed by atoms with Crippen molar-refractivity contribution in [3.05, 3.63) is 21.9 Å². The van der Waals surface area contributed by atoms with E-state index >= 15 is 0 Å². The molecule has 6 nitrogen and oxygen atoms in total. The highest BCUT2D eigenvalue weighted by Gasteiger charge is 2.36. The van der Waals surface area contributed by atoms with E-state index in [1.165, 1.54) is 19.4 Å². The minimum atomic E-state index is -3.76. The van der Waals surface area contributed by atoms with Gasteiger partial charge in [-0.15, -0.1) is 0 Å². The fourth-order valence-corrected chi connectivity index (χ4v) is 3.91. The summed E-state index contributed by atoms with van der Waals surface area (Å²) >= 11 is 9.01. The van der Waals surface area contributed by atoms with Crippen LogP contribution in [0.1, 0.15) is 6.42 Å². The Labute approximate surface area is 131 Å². The van der Waals surface area contributed by atoms with Crippen LogP contribution in [0, 0.1) is 0 Å². The average molecular weight is 386 g/mol. The lowest BCUT2D eigenvalue weighted by molar-refractivity contribution is -0.0120. The monoisotopic (exact) mass is 384 g/mol. The van der Waals surface area contributed by atoms with Gasteiger partial charge in [0, 0.05) is 37.4 Å². The van der Waals surface area contributed by atoms with Crippen LogP contribution in [0.4, 0.5) is 0 Å². The van der Waals surface area contributed by atoms with Crippen molar-refractivity contribution in [2.24, 2.45) is 0 Å². The maximum Gasteiger partial charge on any atom is 0.243 e. The Hall–Kier alpha value is -0.250. The smallest absolute Gasteiger partial charge is 0.243 e. The van der Waals surface area contributed by atoms with E-state index in [4.69, 9.17) is 21.1 Å². The molecular weight excluding hydrogens is 372 g/mol. The van der Waals surface area contributed by atoms with E-state index in [0.29, 0.717) is 24.1 Å². The summed E-state index contributed by atoms with van der Waals surface area (Å²) in [6.45, 7) is 1.03. The molecule has 1 N–H and O–H groups in total. The van der Waals surface area contributed by atoms with Gasteiger partial charge in [0.15, 0.2) is 0 Å². The summed E-state index contributed by atoms with van der Waals surface area (Å²) in [4.78, 5) is 3.74. The zero-order valence-electron chi connectivity index (χ0n) is 10.7.